The molecular weight excluding hydrogens is 288 g/mol. The Labute approximate surface area is 125 Å². The molecule has 0 aliphatic carbocycles. The molecule has 1 amide bonds. The van der Waals surface area contributed by atoms with Gasteiger partial charge in [-0.25, -0.2) is 8.42 Å². The van der Waals surface area contributed by atoms with Crippen molar-refractivity contribution in [1.29, 1.82) is 0 Å². The molecule has 2 N–H and O–H groups in total. The van der Waals surface area contributed by atoms with Gasteiger partial charge in [0, 0.05) is 24.3 Å². The highest BCUT2D eigenvalue weighted by atomic mass is 32.2. The van der Waals surface area contributed by atoms with E-state index in [9.17, 15) is 13.2 Å². The third kappa shape index (κ3) is 3.56. The molecule has 21 heavy (non-hydrogen) atoms. The van der Waals surface area contributed by atoms with E-state index < -0.39 is 9.84 Å². The molecule has 3 rings (SSSR count). The molecule has 2 heterocycles. The first-order valence-corrected chi connectivity index (χ1v) is 9.21. The topological polar surface area (TPSA) is 75.3 Å². The summed E-state index contributed by atoms with van der Waals surface area (Å²) in [4.78, 5) is 12.0. The Morgan fingerprint density at radius 1 is 1.38 bits per heavy atom. The van der Waals surface area contributed by atoms with Gasteiger partial charge in [0.1, 0.15) is 0 Å². The number of anilines is 2. The molecule has 1 aromatic carbocycles. The number of sulfone groups is 1. The molecule has 2 aliphatic heterocycles. The second-order valence-electron chi connectivity index (χ2n) is 5.92. The van der Waals surface area contributed by atoms with Gasteiger partial charge in [0.15, 0.2) is 9.84 Å². The van der Waals surface area contributed by atoms with Crippen LogP contribution in [0.15, 0.2) is 18.2 Å². The van der Waals surface area contributed by atoms with Gasteiger partial charge in [-0.3, -0.25) is 4.79 Å². The minimum absolute atomic E-state index is 0.0363. The summed E-state index contributed by atoms with van der Waals surface area (Å²) in [6.07, 6.45) is 3.08. The van der Waals surface area contributed by atoms with Crippen molar-refractivity contribution in [1.82, 2.24) is 0 Å². The minimum Gasteiger partial charge on any atom is -0.385 e. The van der Waals surface area contributed by atoms with E-state index in [1.807, 2.05) is 18.2 Å². The van der Waals surface area contributed by atoms with Crippen LogP contribution in [0.5, 0.6) is 0 Å². The Balaban J connectivity index is 1.60. The molecule has 0 bridgehead atoms. The number of benzene rings is 1. The van der Waals surface area contributed by atoms with Gasteiger partial charge in [-0.1, -0.05) is 6.07 Å². The van der Waals surface area contributed by atoms with Crippen molar-refractivity contribution in [2.75, 3.05) is 28.7 Å². The summed E-state index contributed by atoms with van der Waals surface area (Å²) in [7, 11) is -2.92. The van der Waals surface area contributed by atoms with Crippen molar-refractivity contribution >= 4 is 27.1 Å². The molecule has 0 radical (unpaired) electrons. The fraction of sp³-hybridized carbons (Fsp3) is 0.533. The van der Waals surface area contributed by atoms with Gasteiger partial charge < -0.3 is 10.6 Å². The molecule has 0 spiro atoms. The molecule has 0 saturated carbocycles. The SMILES string of the molecule is O=C(CC1CCS(=O)(=O)C1)Nc1ccc2c(c1)NCCC2. The summed E-state index contributed by atoms with van der Waals surface area (Å²) in [5.41, 5.74) is 3.14. The lowest BCUT2D eigenvalue weighted by atomic mass is 10.0. The Morgan fingerprint density at radius 2 is 2.24 bits per heavy atom. The van der Waals surface area contributed by atoms with Crippen molar-refractivity contribution < 1.29 is 13.2 Å². The monoisotopic (exact) mass is 308 g/mol. The van der Waals surface area contributed by atoms with E-state index in [2.05, 4.69) is 10.6 Å². The van der Waals surface area contributed by atoms with Crippen molar-refractivity contribution in [3.63, 3.8) is 0 Å². The van der Waals surface area contributed by atoms with Gasteiger partial charge in [0.25, 0.3) is 0 Å². The van der Waals surface area contributed by atoms with Gasteiger partial charge in [-0.15, -0.1) is 0 Å². The number of hydrogen-bond acceptors (Lipinski definition) is 4. The lowest BCUT2D eigenvalue weighted by molar-refractivity contribution is -0.116. The molecule has 1 fully saturated rings. The van der Waals surface area contributed by atoms with Crippen LogP contribution in [0.2, 0.25) is 0 Å². The van der Waals surface area contributed by atoms with Crippen LogP contribution >= 0.6 is 0 Å². The van der Waals surface area contributed by atoms with E-state index in [-0.39, 0.29) is 29.8 Å². The highest BCUT2D eigenvalue weighted by Crippen LogP contribution is 2.26. The van der Waals surface area contributed by atoms with Crippen LogP contribution in [-0.2, 0) is 21.1 Å². The average Bonchev–Trinajstić information content (AvgIpc) is 2.77. The molecule has 1 unspecified atom stereocenters. The van der Waals surface area contributed by atoms with Crippen LogP contribution in [0.3, 0.4) is 0 Å². The number of nitrogens with one attached hydrogen (secondary N) is 2. The van der Waals surface area contributed by atoms with Crippen LogP contribution in [-0.4, -0.2) is 32.4 Å². The number of aryl methyl sites for hydroxylation is 1. The van der Waals surface area contributed by atoms with Crippen LogP contribution < -0.4 is 10.6 Å². The molecule has 6 heteroatoms. The first-order valence-electron chi connectivity index (χ1n) is 7.39. The zero-order valence-corrected chi connectivity index (χ0v) is 12.7. The number of hydrogen-bond donors (Lipinski definition) is 2. The standard InChI is InChI=1S/C15H20N2O3S/c18-15(8-11-5-7-21(19,20)10-11)17-13-4-3-12-2-1-6-16-14(12)9-13/h3-4,9,11,16H,1-2,5-8,10H2,(H,17,18). The maximum Gasteiger partial charge on any atom is 0.224 e. The van der Waals surface area contributed by atoms with E-state index >= 15 is 0 Å². The van der Waals surface area contributed by atoms with Crippen molar-refractivity contribution in [2.24, 2.45) is 5.92 Å². The predicted molar refractivity (Wildman–Crippen MR) is 83.3 cm³/mol. The molecule has 114 valence electrons. The van der Waals surface area contributed by atoms with E-state index in [4.69, 9.17) is 0 Å². The Hall–Kier alpha value is -1.56. The van der Waals surface area contributed by atoms with E-state index in [0.717, 1.165) is 30.8 Å². The number of carbonyl (C=O) groups excluding carboxylic acids is 1. The van der Waals surface area contributed by atoms with Gasteiger partial charge in [-0.2, -0.15) is 0 Å². The average molecular weight is 308 g/mol. The van der Waals surface area contributed by atoms with E-state index in [1.54, 1.807) is 0 Å². The van der Waals surface area contributed by atoms with Gasteiger partial charge in [0.2, 0.25) is 5.91 Å². The Kier molecular flexibility index (Phi) is 3.89. The lowest BCUT2D eigenvalue weighted by Gasteiger charge is -2.19. The van der Waals surface area contributed by atoms with Crippen molar-refractivity contribution in [2.45, 2.75) is 25.7 Å². The molecule has 2 aliphatic rings. The van der Waals surface area contributed by atoms with Crippen molar-refractivity contribution in [3.8, 4) is 0 Å². The summed E-state index contributed by atoms with van der Waals surface area (Å²) in [5, 5.41) is 6.20. The number of carbonyl (C=O) groups is 1. The van der Waals surface area contributed by atoms with E-state index in [0.29, 0.717) is 6.42 Å². The van der Waals surface area contributed by atoms with Crippen LogP contribution in [0.25, 0.3) is 0 Å². The summed E-state index contributed by atoms with van der Waals surface area (Å²) in [5.74, 6) is 0.221. The quantitative estimate of drug-likeness (QED) is 0.893. The third-order valence-electron chi connectivity index (χ3n) is 4.13. The van der Waals surface area contributed by atoms with Crippen LogP contribution in [0.4, 0.5) is 11.4 Å². The highest BCUT2D eigenvalue weighted by Gasteiger charge is 2.29. The Bertz CT molecular complexity index is 655. The smallest absolute Gasteiger partial charge is 0.224 e. The maximum absolute atomic E-state index is 12.0. The van der Waals surface area contributed by atoms with E-state index in [1.165, 1.54) is 5.56 Å². The largest absolute Gasteiger partial charge is 0.385 e. The first-order chi connectivity index (χ1) is 10.0. The zero-order valence-electron chi connectivity index (χ0n) is 11.9. The summed E-state index contributed by atoms with van der Waals surface area (Å²) < 4.78 is 22.8. The molecule has 1 saturated heterocycles. The van der Waals surface area contributed by atoms with Crippen LogP contribution in [0.1, 0.15) is 24.8 Å². The number of fused-ring (bicyclic) bond motifs is 1. The van der Waals surface area contributed by atoms with Gasteiger partial charge in [0.05, 0.1) is 11.5 Å². The normalized spacial score (nSPS) is 23.1. The first kappa shape index (κ1) is 14.4. The Morgan fingerprint density at radius 3 is 3.00 bits per heavy atom. The third-order valence-corrected chi connectivity index (χ3v) is 5.97. The van der Waals surface area contributed by atoms with Crippen LogP contribution in [0, 0.1) is 5.92 Å². The van der Waals surface area contributed by atoms with Gasteiger partial charge in [-0.05, 0) is 42.9 Å². The minimum atomic E-state index is -2.92. The highest BCUT2D eigenvalue weighted by molar-refractivity contribution is 7.91. The zero-order chi connectivity index (χ0) is 14.9. The predicted octanol–water partition coefficient (Wildman–Crippen LogP) is 1.81. The fourth-order valence-electron chi connectivity index (χ4n) is 3.05. The van der Waals surface area contributed by atoms with Crippen molar-refractivity contribution in [3.05, 3.63) is 23.8 Å². The number of rotatable bonds is 3. The molecular formula is C15H20N2O3S. The summed E-state index contributed by atoms with van der Waals surface area (Å²) >= 11 is 0. The summed E-state index contributed by atoms with van der Waals surface area (Å²) in [6.45, 7) is 0.963. The second kappa shape index (κ2) is 5.67. The van der Waals surface area contributed by atoms with Gasteiger partial charge >= 0.3 is 0 Å². The lowest BCUT2D eigenvalue weighted by Crippen LogP contribution is -2.18. The fourth-order valence-corrected chi connectivity index (χ4v) is 4.91. The second-order valence-corrected chi connectivity index (χ2v) is 8.15. The molecule has 1 aromatic rings. The summed E-state index contributed by atoms with van der Waals surface area (Å²) in [6, 6.07) is 5.91. The molecule has 1 atom stereocenters. The maximum atomic E-state index is 12.0. The number of amides is 1. The molecule has 5 nitrogen and oxygen atoms in total. The molecule has 0 aromatic heterocycles.